The molecule has 0 aromatic heterocycles. The van der Waals surface area contributed by atoms with Crippen LogP contribution in [0.4, 0.5) is 0 Å². The first kappa shape index (κ1) is 24.8. The molecule has 3 aromatic rings. The molecule has 0 bridgehead atoms. The maximum Gasteiger partial charge on any atom is 0.305 e. The summed E-state index contributed by atoms with van der Waals surface area (Å²) in [6.07, 6.45) is -0.239. The molecule has 0 aliphatic carbocycles. The molecule has 8 heteroatoms. The zero-order valence-corrected chi connectivity index (χ0v) is 19.0. The number of aliphatic carboxylic acids is 1. The number of carboxylic acids is 1. The molecular weight excluding hydrogens is 446 g/mol. The minimum absolute atomic E-state index is 0.188. The zero-order valence-electron chi connectivity index (χ0n) is 19.0. The molecule has 0 amide bonds. The molecule has 0 radical (unpaired) electrons. The maximum absolute atomic E-state index is 10.9. The molecule has 1 N–H and O–H groups in total. The lowest BCUT2D eigenvalue weighted by Crippen LogP contribution is -2.13. The zero-order chi connectivity index (χ0) is 25.0. The summed E-state index contributed by atoms with van der Waals surface area (Å²) >= 11 is 0. The fourth-order valence-corrected chi connectivity index (χ4v) is 3.22. The molecule has 0 heterocycles. The van der Waals surface area contributed by atoms with E-state index < -0.39 is 11.9 Å². The van der Waals surface area contributed by atoms with Crippen molar-refractivity contribution in [2.75, 3.05) is 13.7 Å². The van der Waals surface area contributed by atoms with Crippen molar-refractivity contribution < 1.29 is 24.2 Å². The highest BCUT2D eigenvalue weighted by molar-refractivity contribution is 6.01. The number of carboxylic acid groups (broad SMARTS) is 1. The van der Waals surface area contributed by atoms with E-state index >= 15 is 0 Å². The van der Waals surface area contributed by atoms with Crippen molar-refractivity contribution in [3.05, 3.63) is 95.1 Å². The van der Waals surface area contributed by atoms with E-state index in [0.29, 0.717) is 34.9 Å². The molecule has 1 atom stereocenters. The van der Waals surface area contributed by atoms with Crippen molar-refractivity contribution in [2.24, 2.45) is 5.16 Å². The minimum atomic E-state index is -1.01. The average molecular weight is 469 g/mol. The van der Waals surface area contributed by atoms with E-state index in [9.17, 15) is 4.79 Å². The van der Waals surface area contributed by atoms with Gasteiger partial charge in [-0.2, -0.15) is 10.5 Å². The standard InChI is InChI=1S/C27H23N3O5/c1-33-30-26(22-6-2-19(15-28)3-7-22)18-35-24-10-4-20(5-11-24)17-34-25-12-8-21(9-13-25)23(16-29)14-27(31)32/h2-13,23H,14,17-18H2,1H3,(H,31,32)/b30-26+. The van der Waals surface area contributed by atoms with E-state index in [1.54, 1.807) is 48.5 Å². The number of rotatable bonds is 11. The molecule has 0 aliphatic rings. The molecule has 0 saturated heterocycles. The van der Waals surface area contributed by atoms with Crippen molar-refractivity contribution in [1.82, 2.24) is 0 Å². The topological polar surface area (TPSA) is 125 Å². The van der Waals surface area contributed by atoms with Gasteiger partial charge in [0.1, 0.15) is 37.5 Å². The molecule has 0 fully saturated rings. The number of hydrogen-bond donors (Lipinski definition) is 1. The monoisotopic (exact) mass is 469 g/mol. The second kappa shape index (κ2) is 12.4. The summed E-state index contributed by atoms with van der Waals surface area (Å²) < 4.78 is 11.6. The molecular formula is C27H23N3O5. The number of benzene rings is 3. The molecule has 8 nitrogen and oxygen atoms in total. The van der Waals surface area contributed by atoms with Gasteiger partial charge in [0.2, 0.25) is 0 Å². The van der Waals surface area contributed by atoms with Gasteiger partial charge in [-0.15, -0.1) is 0 Å². The van der Waals surface area contributed by atoms with E-state index in [0.717, 1.165) is 11.1 Å². The van der Waals surface area contributed by atoms with Crippen molar-refractivity contribution in [3.63, 3.8) is 0 Å². The van der Waals surface area contributed by atoms with E-state index in [-0.39, 0.29) is 13.0 Å². The summed E-state index contributed by atoms with van der Waals surface area (Å²) in [5, 5.41) is 31.0. The minimum Gasteiger partial charge on any atom is -0.489 e. The molecule has 0 spiro atoms. The third-order valence-electron chi connectivity index (χ3n) is 5.07. The third-order valence-corrected chi connectivity index (χ3v) is 5.07. The number of nitrogens with zero attached hydrogens (tertiary/aromatic N) is 3. The Hall–Kier alpha value is -4.82. The van der Waals surface area contributed by atoms with Gasteiger partial charge < -0.3 is 19.4 Å². The Bertz CT molecular complexity index is 1240. The summed E-state index contributed by atoms with van der Waals surface area (Å²) in [6, 6.07) is 25.4. The third kappa shape index (κ3) is 7.34. The molecule has 176 valence electrons. The number of carbonyl (C=O) groups is 1. The highest BCUT2D eigenvalue weighted by atomic mass is 16.6. The molecule has 1 unspecified atom stereocenters. The highest BCUT2D eigenvalue weighted by Crippen LogP contribution is 2.23. The predicted molar refractivity (Wildman–Crippen MR) is 128 cm³/mol. The van der Waals surface area contributed by atoms with Crippen LogP contribution in [0.1, 0.15) is 34.6 Å². The van der Waals surface area contributed by atoms with E-state index in [4.69, 9.17) is 29.9 Å². The van der Waals surface area contributed by atoms with Crippen LogP contribution in [-0.4, -0.2) is 30.5 Å². The van der Waals surface area contributed by atoms with E-state index in [1.807, 2.05) is 30.3 Å². The van der Waals surface area contributed by atoms with Gasteiger partial charge in [-0.05, 0) is 47.5 Å². The number of nitriles is 2. The normalized spacial score (nSPS) is 11.6. The van der Waals surface area contributed by atoms with Crippen LogP contribution in [0.5, 0.6) is 11.5 Å². The quantitative estimate of drug-likeness (QED) is 0.320. The van der Waals surface area contributed by atoms with Crippen LogP contribution in [0.3, 0.4) is 0 Å². The van der Waals surface area contributed by atoms with Crippen LogP contribution >= 0.6 is 0 Å². The summed E-state index contributed by atoms with van der Waals surface area (Å²) in [4.78, 5) is 15.8. The van der Waals surface area contributed by atoms with Gasteiger partial charge in [0, 0.05) is 5.56 Å². The Kier molecular flexibility index (Phi) is 8.81. The van der Waals surface area contributed by atoms with Crippen LogP contribution in [0.25, 0.3) is 0 Å². The van der Waals surface area contributed by atoms with Gasteiger partial charge in [-0.1, -0.05) is 41.6 Å². The molecule has 35 heavy (non-hydrogen) atoms. The summed E-state index contributed by atoms with van der Waals surface area (Å²) in [5.41, 5.74) is 3.52. The largest absolute Gasteiger partial charge is 0.489 e. The van der Waals surface area contributed by atoms with Crippen LogP contribution < -0.4 is 9.47 Å². The SMILES string of the molecule is CO/N=C(\COc1ccc(COc2ccc(C(C#N)CC(=O)O)cc2)cc1)c1ccc(C#N)cc1. The second-order valence-electron chi connectivity index (χ2n) is 7.48. The van der Waals surface area contributed by atoms with Crippen LogP contribution in [0.2, 0.25) is 0 Å². The van der Waals surface area contributed by atoms with Gasteiger partial charge in [0.25, 0.3) is 0 Å². The van der Waals surface area contributed by atoms with Gasteiger partial charge in [0.05, 0.1) is 30.0 Å². The molecule has 0 aliphatic heterocycles. The van der Waals surface area contributed by atoms with Crippen molar-refractivity contribution in [2.45, 2.75) is 18.9 Å². The van der Waals surface area contributed by atoms with Crippen molar-refractivity contribution in [3.8, 4) is 23.6 Å². The van der Waals surface area contributed by atoms with Gasteiger partial charge in [0.15, 0.2) is 0 Å². The lowest BCUT2D eigenvalue weighted by molar-refractivity contribution is -0.137. The van der Waals surface area contributed by atoms with E-state index in [1.165, 1.54) is 7.11 Å². The Morgan fingerprint density at radius 2 is 1.57 bits per heavy atom. The van der Waals surface area contributed by atoms with E-state index in [2.05, 4.69) is 11.2 Å². The van der Waals surface area contributed by atoms with Crippen LogP contribution in [0, 0.1) is 22.7 Å². The number of hydrogen-bond acceptors (Lipinski definition) is 7. The Morgan fingerprint density at radius 3 is 2.14 bits per heavy atom. The first-order valence-electron chi connectivity index (χ1n) is 10.7. The Morgan fingerprint density at radius 1 is 0.943 bits per heavy atom. The molecule has 3 rings (SSSR count). The second-order valence-corrected chi connectivity index (χ2v) is 7.48. The first-order valence-corrected chi connectivity index (χ1v) is 10.7. The Balaban J connectivity index is 1.54. The van der Waals surface area contributed by atoms with Gasteiger partial charge >= 0.3 is 5.97 Å². The fourth-order valence-electron chi connectivity index (χ4n) is 3.22. The van der Waals surface area contributed by atoms with Crippen LogP contribution in [0.15, 0.2) is 78.0 Å². The summed E-state index contributed by atoms with van der Waals surface area (Å²) in [6.45, 7) is 0.519. The van der Waals surface area contributed by atoms with Crippen LogP contribution in [-0.2, 0) is 16.2 Å². The molecule has 0 saturated carbocycles. The first-order chi connectivity index (χ1) is 17.0. The lowest BCUT2D eigenvalue weighted by Gasteiger charge is -2.11. The highest BCUT2D eigenvalue weighted by Gasteiger charge is 2.14. The summed E-state index contributed by atoms with van der Waals surface area (Å²) in [7, 11) is 1.46. The summed E-state index contributed by atoms with van der Waals surface area (Å²) in [5.74, 6) is -0.443. The average Bonchev–Trinajstić information content (AvgIpc) is 2.89. The molecule has 3 aromatic carbocycles. The van der Waals surface area contributed by atoms with Crippen molar-refractivity contribution >= 4 is 11.7 Å². The van der Waals surface area contributed by atoms with Gasteiger partial charge in [-0.3, -0.25) is 4.79 Å². The fraction of sp³-hybridized carbons (Fsp3) is 0.185. The maximum atomic E-state index is 10.9. The lowest BCUT2D eigenvalue weighted by atomic mass is 9.97. The predicted octanol–water partition coefficient (Wildman–Crippen LogP) is 4.65. The number of ether oxygens (including phenoxy) is 2. The van der Waals surface area contributed by atoms with Crippen molar-refractivity contribution in [1.29, 1.82) is 10.5 Å². The smallest absolute Gasteiger partial charge is 0.305 e. The Labute approximate surface area is 203 Å². The van der Waals surface area contributed by atoms with Gasteiger partial charge in [-0.25, -0.2) is 0 Å². The number of oxime groups is 1.